The molecule has 0 aliphatic carbocycles. The molecule has 1 aromatic heterocycles. The van der Waals surface area contributed by atoms with Crippen LogP contribution in [-0.2, 0) is 7.05 Å². The topological polar surface area (TPSA) is 29.9 Å². The second-order valence-corrected chi connectivity index (χ2v) is 7.13. The minimum atomic E-state index is 0.383. The van der Waals surface area contributed by atoms with Crippen LogP contribution in [0.2, 0.25) is 0 Å². The number of aryl methyl sites for hydroxylation is 1. The van der Waals surface area contributed by atoms with Gasteiger partial charge in [0.15, 0.2) is 0 Å². The largest absolute Gasteiger partial charge is 0.308 e. The predicted octanol–water partition coefficient (Wildman–Crippen LogP) is 2.31. The SMILES string of the molecule is CCNC(c1ccn(C)n1)C1SCCSC1C. The molecule has 1 aliphatic rings. The second-order valence-electron chi connectivity index (χ2n) is 4.36. The average molecular weight is 271 g/mol. The summed E-state index contributed by atoms with van der Waals surface area (Å²) in [4.78, 5) is 0. The van der Waals surface area contributed by atoms with Gasteiger partial charge in [-0.2, -0.15) is 28.6 Å². The van der Waals surface area contributed by atoms with Crippen LogP contribution in [0.1, 0.15) is 25.6 Å². The summed E-state index contributed by atoms with van der Waals surface area (Å²) in [7, 11) is 1.98. The number of rotatable bonds is 4. The third kappa shape index (κ3) is 3.20. The molecule has 3 nitrogen and oxygen atoms in total. The third-order valence-corrected chi connectivity index (χ3v) is 6.24. The van der Waals surface area contributed by atoms with Crippen LogP contribution in [0.4, 0.5) is 0 Å². The molecule has 0 radical (unpaired) electrons. The fourth-order valence-corrected chi connectivity index (χ4v) is 5.15. The van der Waals surface area contributed by atoms with Crippen molar-refractivity contribution in [3.05, 3.63) is 18.0 Å². The molecule has 1 N–H and O–H groups in total. The van der Waals surface area contributed by atoms with Crippen LogP contribution >= 0.6 is 23.5 Å². The molecule has 0 spiro atoms. The highest BCUT2D eigenvalue weighted by Gasteiger charge is 2.32. The third-order valence-electron chi connectivity index (χ3n) is 3.04. The number of nitrogens with zero attached hydrogens (tertiary/aromatic N) is 2. The van der Waals surface area contributed by atoms with Gasteiger partial charge in [-0.3, -0.25) is 4.68 Å². The fourth-order valence-electron chi connectivity index (χ4n) is 2.22. The van der Waals surface area contributed by atoms with Crippen molar-refractivity contribution in [3.8, 4) is 0 Å². The molecule has 1 fully saturated rings. The van der Waals surface area contributed by atoms with Crippen LogP contribution in [0.25, 0.3) is 0 Å². The zero-order valence-corrected chi connectivity index (χ0v) is 12.4. The predicted molar refractivity (Wildman–Crippen MR) is 77.8 cm³/mol. The van der Waals surface area contributed by atoms with E-state index in [1.165, 1.54) is 17.2 Å². The molecule has 0 amide bonds. The van der Waals surface area contributed by atoms with Gasteiger partial charge in [-0.15, -0.1) is 0 Å². The first-order chi connectivity index (χ1) is 8.22. The highest BCUT2D eigenvalue weighted by molar-refractivity contribution is 8.07. The minimum Gasteiger partial charge on any atom is -0.308 e. The molecule has 1 aromatic rings. The number of aromatic nitrogens is 2. The van der Waals surface area contributed by atoms with Crippen LogP contribution in [0.15, 0.2) is 12.3 Å². The Morgan fingerprint density at radius 2 is 2.29 bits per heavy atom. The number of nitrogens with one attached hydrogen (secondary N) is 1. The van der Waals surface area contributed by atoms with Crippen molar-refractivity contribution in [2.24, 2.45) is 7.05 Å². The molecule has 2 heterocycles. The molecule has 0 saturated carbocycles. The van der Waals surface area contributed by atoms with Crippen molar-refractivity contribution in [3.63, 3.8) is 0 Å². The van der Waals surface area contributed by atoms with E-state index >= 15 is 0 Å². The molecule has 2 rings (SSSR count). The molecule has 0 bridgehead atoms. The van der Waals surface area contributed by atoms with Crippen LogP contribution in [0, 0.1) is 0 Å². The van der Waals surface area contributed by atoms with Gasteiger partial charge in [0.1, 0.15) is 0 Å². The molecule has 1 saturated heterocycles. The van der Waals surface area contributed by atoms with Crippen LogP contribution < -0.4 is 5.32 Å². The Labute approximate surface area is 112 Å². The van der Waals surface area contributed by atoms with E-state index < -0.39 is 0 Å². The quantitative estimate of drug-likeness (QED) is 0.910. The van der Waals surface area contributed by atoms with E-state index in [1.807, 2.05) is 17.9 Å². The Balaban J connectivity index is 2.15. The molecular weight excluding hydrogens is 250 g/mol. The zero-order chi connectivity index (χ0) is 12.3. The Bertz CT molecular complexity index is 353. The lowest BCUT2D eigenvalue weighted by atomic mass is 10.1. The van der Waals surface area contributed by atoms with Crippen molar-refractivity contribution in [1.29, 1.82) is 0 Å². The van der Waals surface area contributed by atoms with Crippen LogP contribution in [0.5, 0.6) is 0 Å². The normalized spacial score (nSPS) is 27.0. The highest BCUT2D eigenvalue weighted by atomic mass is 32.2. The minimum absolute atomic E-state index is 0.383. The van der Waals surface area contributed by atoms with E-state index in [9.17, 15) is 0 Å². The van der Waals surface area contributed by atoms with Gasteiger partial charge in [0.25, 0.3) is 0 Å². The molecule has 96 valence electrons. The molecule has 3 atom stereocenters. The van der Waals surface area contributed by atoms with Crippen molar-refractivity contribution < 1.29 is 0 Å². The molecule has 5 heteroatoms. The Morgan fingerprint density at radius 1 is 1.53 bits per heavy atom. The second kappa shape index (κ2) is 6.16. The van der Waals surface area contributed by atoms with Gasteiger partial charge in [-0.05, 0) is 12.6 Å². The monoisotopic (exact) mass is 271 g/mol. The molecular formula is C12H21N3S2. The molecule has 0 aromatic carbocycles. The summed E-state index contributed by atoms with van der Waals surface area (Å²) in [5, 5.41) is 9.50. The number of thioether (sulfide) groups is 2. The first kappa shape index (κ1) is 13.3. The summed E-state index contributed by atoms with van der Waals surface area (Å²) in [6, 6.07) is 2.52. The van der Waals surface area contributed by atoms with Gasteiger partial charge in [-0.25, -0.2) is 0 Å². The van der Waals surface area contributed by atoms with Crippen molar-refractivity contribution in [2.75, 3.05) is 18.1 Å². The summed E-state index contributed by atoms with van der Waals surface area (Å²) in [6.45, 7) is 5.51. The van der Waals surface area contributed by atoms with E-state index in [0.717, 1.165) is 6.54 Å². The van der Waals surface area contributed by atoms with Crippen molar-refractivity contribution in [2.45, 2.75) is 30.4 Å². The zero-order valence-electron chi connectivity index (χ0n) is 10.7. The van der Waals surface area contributed by atoms with Crippen LogP contribution in [-0.4, -0.2) is 38.3 Å². The maximum Gasteiger partial charge on any atom is 0.0805 e. The summed E-state index contributed by atoms with van der Waals surface area (Å²) in [6.07, 6.45) is 2.03. The van der Waals surface area contributed by atoms with Gasteiger partial charge < -0.3 is 5.32 Å². The van der Waals surface area contributed by atoms with Gasteiger partial charge in [0.05, 0.1) is 11.7 Å². The summed E-state index contributed by atoms with van der Waals surface area (Å²) in [5.41, 5.74) is 1.18. The van der Waals surface area contributed by atoms with E-state index in [2.05, 4.69) is 53.9 Å². The van der Waals surface area contributed by atoms with Gasteiger partial charge >= 0.3 is 0 Å². The first-order valence-electron chi connectivity index (χ1n) is 6.18. The van der Waals surface area contributed by atoms with E-state index in [4.69, 9.17) is 0 Å². The average Bonchev–Trinajstić information content (AvgIpc) is 2.74. The molecule has 1 aliphatic heterocycles. The van der Waals surface area contributed by atoms with Crippen molar-refractivity contribution in [1.82, 2.24) is 15.1 Å². The van der Waals surface area contributed by atoms with Crippen molar-refractivity contribution >= 4 is 23.5 Å². The lowest BCUT2D eigenvalue weighted by Gasteiger charge is -2.34. The van der Waals surface area contributed by atoms with Gasteiger partial charge in [-0.1, -0.05) is 13.8 Å². The standard InChI is InChI=1S/C12H21N3S2/c1-4-13-11(10-5-6-15(3)14-10)12-9(2)16-7-8-17-12/h5-6,9,11-13H,4,7-8H2,1-3H3. The lowest BCUT2D eigenvalue weighted by molar-refractivity contribution is 0.507. The van der Waals surface area contributed by atoms with E-state index in [0.29, 0.717) is 16.5 Å². The van der Waals surface area contributed by atoms with Gasteiger partial charge in [0.2, 0.25) is 0 Å². The Kier molecular flexibility index (Phi) is 4.82. The van der Waals surface area contributed by atoms with Gasteiger partial charge in [0, 0.05) is 35.3 Å². The van der Waals surface area contributed by atoms with E-state index in [-0.39, 0.29) is 0 Å². The summed E-state index contributed by atoms with van der Waals surface area (Å²) < 4.78 is 1.89. The fraction of sp³-hybridized carbons (Fsp3) is 0.750. The molecule has 17 heavy (non-hydrogen) atoms. The first-order valence-corrected chi connectivity index (χ1v) is 8.28. The smallest absolute Gasteiger partial charge is 0.0805 e. The Hall–Kier alpha value is -0.130. The van der Waals surface area contributed by atoms with Crippen LogP contribution in [0.3, 0.4) is 0 Å². The lowest BCUT2D eigenvalue weighted by Crippen LogP contribution is -2.38. The number of hydrogen-bond donors (Lipinski definition) is 1. The molecule has 3 unspecified atom stereocenters. The maximum atomic E-state index is 4.57. The highest BCUT2D eigenvalue weighted by Crippen LogP contribution is 2.38. The maximum absolute atomic E-state index is 4.57. The summed E-state index contributed by atoms with van der Waals surface area (Å²) >= 11 is 4.18. The van der Waals surface area contributed by atoms with E-state index in [1.54, 1.807) is 0 Å². The summed E-state index contributed by atoms with van der Waals surface area (Å²) in [5.74, 6) is 2.54. The Morgan fingerprint density at radius 3 is 2.88 bits per heavy atom. The number of hydrogen-bond acceptors (Lipinski definition) is 4.